The zero-order chi connectivity index (χ0) is 22.5. The molecule has 2 heterocycles. The maximum Gasteiger partial charge on any atom is 0.242 e. The summed E-state index contributed by atoms with van der Waals surface area (Å²) in [6.07, 6.45) is 1.63. The van der Waals surface area contributed by atoms with Crippen LogP contribution < -0.4 is 10.1 Å². The van der Waals surface area contributed by atoms with E-state index in [1.165, 1.54) is 11.8 Å². The van der Waals surface area contributed by atoms with Gasteiger partial charge in [0, 0.05) is 7.05 Å². The number of carbonyl (C=O) groups excluding carboxylic acids is 1. The van der Waals surface area contributed by atoms with Gasteiger partial charge < -0.3 is 19.0 Å². The maximum absolute atomic E-state index is 13.4. The summed E-state index contributed by atoms with van der Waals surface area (Å²) in [5.74, 6) is 1.92. The molecule has 1 atom stereocenters. The molecule has 0 saturated heterocycles. The molecule has 0 fully saturated rings. The Kier molecular flexibility index (Phi) is 6.61. The van der Waals surface area contributed by atoms with Crippen molar-refractivity contribution in [1.82, 2.24) is 14.8 Å². The number of carbonyl (C=O) groups is 1. The summed E-state index contributed by atoms with van der Waals surface area (Å²) in [7, 11) is 1.88. The molecule has 0 saturated carbocycles. The fourth-order valence-electron chi connectivity index (χ4n) is 3.32. The molecule has 0 aliphatic carbocycles. The molecule has 0 radical (unpaired) electrons. The van der Waals surface area contributed by atoms with Gasteiger partial charge in [0.15, 0.2) is 11.0 Å². The first-order chi connectivity index (χ1) is 15.6. The zero-order valence-corrected chi connectivity index (χ0v) is 18.9. The van der Waals surface area contributed by atoms with Crippen LogP contribution in [0, 0.1) is 6.92 Å². The number of nitrogens with one attached hydrogen (secondary N) is 1. The number of amides is 1. The lowest BCUT2D eigenvalue weighted by atomic mass is 10.1. The highest BCUT2D eigenvalue weighted by Gasteiger charge is 2.26. The van der Waals surface area contributed by atoms with Crippen molar-refractivity contribution in [1.29, 1.82) is 0 Å². The Hall–Kier alpha value is -3.52. The van der Waals surface area contributed by atoms with Crippen LogP contribution in [0.3, 0.4) is 0 Å². The third-order valence-electron chi connectivity index (χ3n) is 4.94. The Balaban J connectivity index is 1.64. The van der Waals surface area contributed by atoms with E-state index in [9.17, 15) is 4.79 Å². The number of aromatic nitrogens is 3. The summed E-state index contributed by atoms with van der Waals surface area (Å²) in [6.45, 7) is 4.31. The SMILES string of the molecule is CCOc1ccccc1NC(=O)C(Sc1nnc(-c2ccoc2C)n1C)c1ccccc1. The average molecular weight is 449 g/mol. The first-order valence-corrected chi connectivity index (χ1v) is 11.1. The monoisotopic (exact) mass is 448 g/mol. The van der Waals surface area contributed by atoms with Gasteiger partial charge in [0.25, 0.3) is 0 Å². The molecule has 8 heteroatoms. The fourth-order valence-corrected chi connectivity index (χ4v) is 4.33. The Morgan fingerprint density at radius 3 is 2.59 bits per heavy atom. The number of hydrogen-bond donors (Lipinski definition) is 1. The predicted octanol–water partition coefficient (Wildman–Crippen LogP) is 5.25. The number of ether oxygens (including phenoxy) is 1. The van der Waals surface area contributed by atoms with Gasteiger partial charge in [-0.05, 0) is 37.6 Å². The van der Waals surface area contributed by atoms with E-state index in [-0.39, 0.29) is 5.91 Å². The smallest absolute Gasteiger partial charge is 0.242 e. The summed E-state index contributed by atoms with van der Waals surface area (Å²) in [5, 5.41) is 11.8. The van der Waals surface area contributed by atoms with Gasteiger partial charge in [-0.1, -0.05) is 54.2 Å². The third-order valence-corrected chi connectivity index (χ3v) is 6.23. The van der Waals surface area contributed by atoms with Crippen molar-refractivity contribution in [3.8, 4) is 17.1 Å². The van der Waals surface area contributed by atoms with E-state index in [1.807, 2.05) is 86.1 Å². The van der Waals surface area contributed by atoms with Crippen LogP contribution in [0.15, 0.2) is 76.5 Å². The van der Waals surface area contributed by atoms with Crippen molar-refractivity contribution in [3.63, 3.8) is 0 Å². The molecule has 1 amide bonds. The van der Waals surface area contributed by atoms with Gasteiger partial charge in [0.05, 0.1) is 24.1 Å². The van der Waals surface area contributed by atoms with Crippen LogP contribution in [0.2, 0.25) is 0 Å². The van der Waals surface area contributed by atoms with Crippen LogP contribution >= 0.6 is 11.8 Å². The topological polar surface area (TPSA) is 82.2 Å². The normalized spacial score (nSPS) is 11.8. The lowest BCUT2D eigenvalue weighted by Gasteiger charge is -2.18. The van der Waals surface area contributed by atoms with Crippen molar-refractivity contribution >= 4 is 23.4 Å². The van der Waals surface area contributed by atoms with Gasteiger partial charge in [0.2, 0.25) is 5.91 Å². The van der Waals surface area contributed by atoms with Crippen LogP contribution in [0.25, 0.3) is 11.4 Å². The van der Waals surface area contributed by atoms with Crippen LogP contribution in [0.4, 0.5) is 5.69 Å². The first kappa shape index (κ1) is 21.7. The Morgan fingerprint density at radius 1 is 1.12 bits per heavy atom. The molecule has 32 heavy (non-hydrogen) atoms. The fraction of sp³-hybridized carbons (Fsp3) is 0.208. The third kappa shape index (κ3) is 4.55. The number of para-hydroxylation sites is 2. The summed E-state index contributed by atoms with van der Waals surface area (Å²) in [5.41, 5.74) is 2.37. The van der Waals surface area contributed by atoms with Crippen molar-refractivity contribution in [3.05, 3.63) is 78.3 Å². The van der Waals surface area contributed by atoms with Crippen molar-refractivity contribution in [2.45, 2.75) is 24.3 Å². The lowest BCUT2D eigenvalue weighted by Crippen LogP contribution is -2.20. The molecular weight excluding hydrogens is 424 g/mol. The second-order valence-electron chi connectivity index (χ2n) is 7.08. The minimum atomic E-state index is -0.535. The number of thioether (sulfide) groups is 1. The number of furan rings is 1. The first-order valence-electron chi connectivity index (χ1n) is 10.3. The number of nitrogens with zero attached hydrogens (tertiary/aromatic N) is 3. The van der Waals surface area contributed by atoms with Crippen molar-refractivity contribution in [2.75, 3.05) is 11.9 Å². The summed E-state index contributed by atoms with van der Waals surface area (Å²) >= 11 is 1.34. The van der Waals surface area contributed by atoms with E-state index in [4.69, 9.17) is 9.15 Å². The van der Waals surface area contributed by atoms with Gasteiger partial charge in [-0.25, -0.2) is 0 Å². The molecule has 2 aromatic carbocycles. The van der Waals surface area contributed by atoms with Gasteiger partial charge in [-0.3, -0.25) is 4.79 Å². The van der Waals surface area contributed by atoms with Crippen LogP contribution in [-0.4, -0.2) is 27.3 Å². The molecule has 4 rings (SSSR count). The molecule has 0 aliphatic rings. The summed E-state index contributed by atoms with van der Waals surface area (Å²) in [4.78, 5) is 13.4. The number of hydrogen-bond acceptors (Lipinski definition) is 6. The predicted molar refractivity (Wildman–Crippen MR) is 125 cm³/mol. The number of aryl methyl sites for hydroxylation is 1. The van der Waals surface area contributed by atoms with Gasteiger partial charge in [0.1, 0.15) is 16.8 Å². The lowest BCUT2D eigenvalue weighted by molar-refractivity contribution is -0.115. The molecule has 0 spiro atoms. The van der Waals surface area contributed by atoms with Gasteiger partial charge in [-0.2, -0.15) is 0 Å². The average Bonchev–Trinajstić information content (AvgIpc) is 3.38. The van der Waals surface area contributed by atoms with Crippen LogP contribution in [0.5, 0.6) is 5.75 Å². The zero-order valence-electron chi connectivity index (χ0n) is 18.1. The van der Waals surface area contributed by atoms with Gasteiger partial charge in [-0.15, -0.1) is 10.2 Å². The molecule has 1 N–H and O–H groups in total. The summed E-state index contributed by atoms with van der Waals surface area (Å²) < 4.78 is 12.9. The van der Waals surface area contributed by atoms with Gasteiger partial charge >= 0.3 is 0 Å². The quantitative estimate of drug-likeness (QED) is 0.371. The molecule has 164 valence electrons. The van der Waals surface area contributed by atoms with Crippen LogP contribution in [0.1, 0.15) is 23.5 Å². The second kappa shape index (κ2) is 9.74. The second-order valence-corrected chi connectivity index (χ2v) is 8.15. The van der Waals surface area contributed by atoms with E-state index >= 15 is 0 Å². The largest absolute Gasteiger partial charge is 0.492 e. The van der Waals surface area contributed by atoms with Crippen LogP contribution in [-0.2, 0) is 11.8 Å². The van der Waals surface area contributed by atoms with E-state index in [1.54, 1.807) is 6.26 Å². The maximum atomic E-state index is 13.4. The minimum absolute atomic E-state index is 0.169. The molecule has 0 aliphatic heterocycles. The van der Waals surface area contributed by atoms with E-state index in [2.05, 4.69) is 15.5 Å². The standard InChI is InChI=1S/C24H24N4O3S/c1-4-30-20-13-9-8-12-19(20)25-23(29)21(17-10-6-5-7-11-17)32-24-27-26-22(28(24)3)18-14-15-31-16(18)2/h5-15,21H,4H2,1-3H3,(H,25,29). The number of anilines is 1. The molecular formula is C24H24N4O3S. The highest BCUT2D eigenvalue weighted by Crippen LogP contribution is 2.37. The highest BCUT2D eigenvalue weighted by molar-refractivity contribution is 8.00. The Bertz CT molecular complexity index is 1200. The minimum Gasteiger partial charge on any atom is -0.492 e. The summed E-state index contributed by atoms with van der Waals surface area (Å²) in [6, 6.07) is 18.9. The van der Waals surface area contributed by atoms with E-state index in [0.717, 1.165) is 16.9 Å². The Labute approximate surface area is 190 Å². The molecule has 0 bridgehead atoms. The molecule has 1 unspecified atom stereocenters. The number of benzene rings is 2. The van der Waals surface area contributed by atoms with Crippen molar-refractivity contribution < 1.29 is 13.9 Å². The molecule has 7 nitrogen and oxygen atoms in total. The Morgan fingerprint density at radius 2 is 1.88 bits per heavy atom. The highest BCUT2D eigenvalue weighted by atomic mass is 32.2. The molecule has 2 aromatic heterocycles. The molecule has 4 aromatic rings. The van der Waals surface area contributed by atoms with Crippen molar-refractivity contribution in [2.24, 2.45) is 7.05 Å². The number of rotatable bonds is 8. The van der Waals surface area contributed by atoms with E-state index < -0.39 is 5.25 Å². The van der Waals surface area contributed by atoms with E-state index in [0.29, 0.717) is 29.0 Å².